The van der Waals surface area contributed by atoms with Gasteiger partial charge in [0.1, 0.15) is 0 Å². The number of aryl methyl sites for hydroxylation is 2. The van der Waals surface area contributed by atoms with E-state index in [0.717, 1.165) is 22.4 Å². The summed E-state index contributed by atoms with van der Waals surface area (Å²) in [5.74, 6) is 1.29. The summed E-state index contributed by atoms with van der Waals surface area (Å²) in [6, 6.07) is 9.33. The summed E-state index contributed by atoms with van der Waals surface area (Å²) >= 11 is 6.00. The van der Waals surface area contributed by atoms with Gasteiger partial charge in [-0.25, -0.2) is 0 Å². The van der Waals surface area contributed by atoms with E-state index in [1.54, 1.807) is 26.4 Å². The van der Waals surface area contributed by atoms with Crippen LogP contribution in [0.1, 0.15) is 16.7 Å². The Bertz CT molecular complexity index is 793. The van der Waals surface area contributed by atoms with E-state index >= 15 is 0 Å². The van der Waals surface area contributed by atoms with Crippen molar-refractivity contribution < 1.29 is 14.3 Å². The van der Waals surface area contributed by atoms with Crippen LogP contribution >= 0.6 is 11.6 Å². The Labute approximate surface area is 159 Å². The second-order valence-corrected chi connectivity index (χ2v) is 6.75. The molecule has 0 saturated heterocycles. The van der Waals surface area contributed by atoms with Crippen molar-refractivity contribution in [3.8, 4) is 11.5 Å². The lowest BCUT2D eigenvalue weighted by molar-refractivity contribution is -0.117. The van der Waals surface area contributed by atoms with E-state index in [-0.39, 0.29) is 12.5 Å². The quantitative estimate of drug-likeness (QED) is 0.792. The molecule has 5 nitrogen and oxygen atoms in total. The van der Waals surface area contributed by atoms with Gasteiger partial charge in [-0.15, -0.1) is 0 Å². The Hall–Kier alpha value is -2.24. The number of methoxy groups -OCH3 is 2. The van der Waals surface area contributed by atoms with Gasteiger partial charge in [-0.3, -0.25) is 9.69 Å². The van der Waals surface area contributed by atoms with Crippen LogP contribution in [0, 0.1) is 13.8 Å². The van der Waals surface area contributed by atoms with Gasteiger partial charge >= 0.3 is 0 Å². The number of anilines is 1. The molecule has 0 aliphatic carbocycles. The number of likely N-dealkylation sites (N-methyl/N-ethyl adjacent to an activating group) is 1. The minimum atomic E-state index is -0.0870. The first-order chi connectivity index (χ1) is 12.3. The number of nitrogens with zero attached hydrogens (tertiary/aromatic N) is 1. The molecular weight excluding hydrogens is 352 g/mol. The molecule has 0 heterocycles. The number of hydrogen-bond acceptors (Lipinski definition) is 4. The van der Waals surface area contributed by atoms with E-state index in [4.69, 9.17) is 21.1 Å². The first kappa shape index (κ1) is 20.1. The Morgan fingerprint density at radius 2 is 1.73 bits per heavy atom. The third-order valence-electron chi connectivity index (χ3n) is 4.17. The molecule has 0 fully saturated rings. The lowest BCUT2D eigenvalue weighted by atomic mass is 10.1. The molecule has 2 aromatic carbocycles. The summed E-state index contributed by atoms with van der Waals surface area (Å²) < 4.78 is 10.7. The zero-order valence-electron chi connectivity index (χ0n) is 15.9. The van der Waals surface area contributed by atoms with Crippen LogP contribution < -0.4 is 14.8 Å². The number of carbonyl (C=O) groups is 1. The summed E-state index contributed by atoms with van der Waals surface area (Å²) in [5.41, 5.74) is 3.87. The second kappa shape index (κ2) is 8.92. The fraction of sp³-hybridized carbons (Fsp3) is 0.350. The number of amides is 1. The van der Waals surface area contributed by atoms with E-state index in [2.05, 4.69) is 5.32 Å². The van der Waals surface area contributed by atoms with Crippen LogP contribution in [0.3, 0.4) is 0 Å². The van der Waals surface area contributed by atoms with Gasteiger partial charge in [0, 0.05) is 17.3 Å². The molecule has 26 heavy (non-hydrogen) atoms. The summed E-state index contributed by atoms with van der Waals surface area (Å²) in [4.78, 5) is 14.3. The molecule has 0 aromatic heterocycles. The van der Waals surface area contributed by atoms with E-state index in [0.29, 0.717) is 23.1 Å². The van der Waals surface area contributed by atoms with Crippen LogP contribution in [0.4, 0.5) is 5.69 Å². The highest BCUT2D eigenvalue weighted by molar-refractivity contribution is 6.31. The van der Waals surface area contributed by atoms with Crippen LogP contribution in [0.2, 0.25) is 5.02 Å². The van der Waals surface area contributed by atoms with Gasteiger partial charge in [0.05, 0.1) is 20.8 Å². The molecular formula is C20H25ClN2O3. The number of hydrogen-bond donors (Lipinski definition) is 1. The van der Waals surface area contributed by atoms with Crippen LogP contribution in [0.25, 0.3) is 0 Å². The summed E-state index contributed by atoms with van der Waals surface area (Å²) in [6.07, 6.45) is 0. The Balaban J connectivity index is 2.03. The van der Waals surface area contributed by atoms with Gasteiger partial charge in [0.2, 0.25) is 5.91 Å². The number of nitrogens with one attached hydrogen (secondary N) is 1. The molecule has 0 bridgehead atoms. The lowest BCUT2D eigenvalue weighted by Crippen LogP contribution is -2.30. The van der Waals surface area contributed by atoms with Gasteiger partial charge in [0.25, 0.3) is 0 Å². The molecule has 1 N–H and O–H groups in total. The van der Waals surface area contributed by atoms with Gasteiger partial charge in [-0.05, 0) is 61.9 Å². The average Bonchev–Trinajstić information content (AvgIpc) is 2.59. The highest BCUT2D eigenvalue weighted by Crippen LogP contribution is 2.30. The zero-order valence-corrected chi connectivity index (χ0v) is 16.6. The molecule has 2 rings (SSSR count). The van der Waals surface area contributed by atoms with E-state index in [1.807, 2.05) is 44.0 Å². The second-order valence-electron chi connectivity index (χ2n) is 6.31. The molecule has 0 atom stereocenters. The zero-order chi connectivity index (χ0) is 19.3. The van der Waals surface area contributed by atoms with Crippen LogP contribution in [0.5, 0.6) is 11.5 Å². The lowest BCUT2D eigenvalue weighted by Gasteiger charge is -2.19. The number of rotatable bonds is 7. The SMILES string of the molecule is COc1cc(C)c(CN(C)CC(=O)Nc2cc(Cl)ccc2C)cc1OC. The number of carbonyl (C=O) groups excluding carboxylic acids is 1. The third kappa shape index (κ3) is 5.13. The van der Waals surface area contributed by atoms with Crippen LogP contribution in [-0.2, 0) is 11.3 Å². The minimum absolute atomic E-state index is 0.0870. The number of ether oxygens (including phenoxy) is 2. The minimum Gasteiger partial charge on any atom is -0.493 e. The Kier molecular flexibility index (Phi) is 6.89. The molecule has 0 aliphatic rings. The van der Waals surface area contributed by atoms with Gasteiger partial charge in [-0.2, -0.15) is 0 Å². The van der Waals surface area contributed by atoms with Crippen molar-refractivity contribution >= 4 is 23.2 Å². The predicted octanol–water partition coefficient (Wildman–Crippen LogP) is 4.04. The van der Waals surface area contributed by atoms with Gasteiger partial charge in [-0.1, -0.05) is 17.7 Å². The largest absolute Gasteiger partial charge is 0.493 e. The Morgan fingerprint density at radius 1 is 1.08 bits per heavy atom. The maximum Gasteiger partial charge on any atom is 0.238 e. The smallest absolute Gasteiger partial charge is 0.238 e. The fourth-order valence-corrected chi connectivity index (χ4v) is 2.88. The predicted molar refractivity (Wildman–Crippen MR) is 105 cm³/mol. The first-order valence-electron chi connectivity index (χ1n) is 8.30. The normalized spacial score (nSPS) is 10.7. The standard InChI is InChI=1S/C20H25ClN2O3/c1-13-6-7-16(21)10-17(13)22-20(24)12-23(3)11-15-9-19(26-5)18(25-4)8-14(15)2/h6-10H,11-12H2,1-5H3,(H,22,24). The van der Waals surface area contributed by atoms with Crippen molar-refractivity contribution in [2.45, 2.75) is 20.4 Å². The number of halogens is 1. The summed E-state index contributed by atoms with van der Waals surface area (Å²) in [5, 5.41) is 3.51. The molecule has 0 saturated carbocycles. The van der Waals surface area contributed by atoms with Gasteiger partial charge in [0.15, 0.2) is 11.5 Å². The van der Waals surface area contributed by atoms with Crippen LogP contribution in [-0.4, -0.2) is 38.6 Å². The molecule has 2 aromatic rings. The monoisotopic (exact) mass is 376 g/mol. The highest BCUT2D eigenvalue weighted by atomic mass is 35.5. The topological polar surface area (TPSA) is 50.8 Å². The average molecular weight is 377 g/mol. The van der Waals surface area contributed by atoms with E-state index in [1.165, 1.54) is 0 Å². The molecule has 1 amide bonds. The van der Waals surface area contributed by atoms with Crippen molar-refractivity contribution in [1.82, 2.24) is 4.90 Å². The fourth-order valence-electron chi connectivity index (χ4n) is 2.70. The maximum absolute atomic E-state index is 12.3. The maximum atomic E-state index is 12.3. The molecule has 0 spiro atoms. The van der Waals surface area contributed by atoms with Crippen molar-refractivity contribution in [2.75, 3.05) is 33.1 Å². The third-order valence-corrected chi connectivity index (χ3v) is 4.40. The molecule has 140 valence electrons. The highest BCUT2D eigenvalue weighted by Gasteiger charge is 2.13. The van der Waals surface area contributed by atoms with Crippen molar-refractivity contribution in [3.63, 3.8) is 0 Å². The molecule has 0 aliphatic heterocycles. The molecule has 0 radical (unpaired) electrons. The van der Waals surface area contributed by atoms with Gasteiger partial charge < -0.3 is 14.8 Å². The van der Waals surface area contributed by atoms with E-state index < -0.39 is 0 Å². The molecule has 0 unspecified atom stereocenters. The summed E-state index contributed by atoms with van der Waals surface area (Å²) in [6.45, 7) is 4.83. The van der Waals surface area contributed by atoms with E-state index in [9.17, 15) is 4.79 Å². The molecule has 6 heteroatoms. The van der Waals surface area contributed by atoms with Crippen molar-refractivity contribution in [3.05, 3.63) is 52.0 Å². The van der Waals surface area contributed by atoms with Crippen molar-refractivity contribution in [2.24, 2.45) is 0 Å². The summed E-state index contributed by atoms with van der Waals surface area (Å²) in [7, 11) is 5.13. The van der Waals surface area contributed by atoms with Crippen LogP contribution in [0.15, 0.2) is 30.3 Å². The Morgan fingerprint density at radius 3 is 2.38 bits per heavy atom. The first-order valence-corrected chi connectivity index (χ1v) is 8.68. The van der Waals surface area contributed by atoms with Crippen molar-refractivity contribution in [1.29, 1.82) is 0 Å². The number of benzene rings is 2.